The van der Waals surface area contributed by atoms with Crippen LogP contribution in [-0.2, 0) is 16.6 Å². The number of carbonyl (C=O) groups is 1. The number of nitrogens with one attached hydrogen (secondary N) is 2. The number of hydrogen-bond donors (Lipinski definition) is 2. The molecule has 2 aromatic heterocycles. The molecule has 0 saturated carbocycles. The molecule has 0 fully saturated rings. The number of aromatic nitrogens is 4. The van der Waals surface area contributed by atoms with Crippen molar-refractivity contribution in [3.05, 3.63) is 71.2 Å². The van der Waals surface area contributed by atoms with Gasteiger partial charge in [-0.1, -0.05) is 36.4 Å². The first-order chi connectivity index (χ1) is 17.0. The first kappa shape index (κ1) is 23.7. The summed E-state index contributed by atoms with van der Waals surface area (Å²) in [5.74, 6) is -0.297. The Labute approximate surface area is 203 Å². The Morgan fingerprint density at radius 1 is 1.06 bits per heavy atom. The van der Waals surface area contributed by atoms with Gasteiger partial charge in [0.15, 0.2) is 0 Å². The summed E-state index contributed by atoms with van der Waals surface area (Å²) in [6.07, 6.45) is -5.21. The van der Waals surface area contributed by atoms with Gasteiger partial charge in [-0.3, -0.25) is 4.79 Å². The summed E-state index contributed by atoms with van der Waals surface area (Å²) < 4.78 is 54.2. The maximum absolute atomic E-state index is 14.3. The Morgan fingerprint density at radius 2 is 1.78 bits per heavy atom. The highest BCUT2D eigenvalue weighted by atomic mass is 19.4. The van der Waals surface area contributed by atoms with Gasteiger partial charge in [-0.15, -0.1) is 0 Å². The summed E-state index contributed by atoms with van der Waals surface area (Å²) in [6.45, 7) is 2.89. The van der Waals surface area contributed by atoms with E-state index in [9.17, 15) is 22.4 Å². The van der Waals surface area contributed by atoms with Gasteiger partial charge in [0.2, 0.25) is 5.91 Å². The van der Waals surface area contributed by atoms with Crippen molar-refractivity contribution in [2.45, 2.75) is 38.3 Å². The van der Waals surface area contributed by atoms with Crippen LogP contribution in [-0.4, -0.2) is 38.4 Å². The standard InChI is InChI=1S/C25H22F4N6O/c1-24(2)19-20(30-12-11-25(27,28)29)32-23(33-21(19)31-22(24)36)35-18-10-6-4-8-15(18)17(34-35)13-14-7-3-5-9-16(14)26/h3-10H,11-13H2,1-2H3,(H2,30,31,32,33,36). The predicted molar refractivity (Wildman–Crippen MR) is 127 cm³/mol. The van der Waals surface area contributed by atoms with Crippen LogP contribution in [0.3, 0.4) is 0 Å². The van der Waals surface area contributed by atoms with Gasteiger partial charge in [-0.2, -0.15) is 32.9 Å². The molecular formula is C25H22F4N6O. The monoisotopic (exact) mass is 498 g/mol. The second kappa shape index (κ2) is 8.58. The minimum absolute atomic E-state index is 0.0669. The normalized spacial score (nSPS) is 14.7. The van der Waals surface area contributed by atoms with E-state index >= 15 is 0 Å². The average molecular weight is 498 g/mol. The van der Waals surface area contributed by atoms with Crippen molar-refractivity contribution in [2.75, 3.05) is 17.2 Å². The molecule has 0 atom stereocenters. The molecule has 5 rings (SSSR count). The van der Waals surface area contributed by atoms with E-state index in [1.807, 2.05) is 12.1 Å². The minimum Gasteiger partial charge on any atom is -0.369 e. The first-order valence-corrected chi connectivity index (χ1v) is 11.3. The van der Waals surface area contributed by atoms with Crippen molar-refractivity contribution < 1.29 is 22.4 Å². The van der Waals surface area contributed by atoms with Crippen LogP contribution in [0.15, 0.2) is 48.5 Å². The van der Waals surface area contributed by atoms with E-state index in [1.165, 1.54) is 10.7 Å². The lowest BCUT2D eigenvalue weighted by Gasteiger charge is -2.19. The summed E-state index contributed by atoms with van der Waals surface area (Å²) in [4.78, 5) is 21.6. The van der Waals surface area contributed by atoms with Crippen LogP contribution in [0.1, 0.15) is 37.1 Å². The van der Waals surface area contributed by atoms with Gasteiger partial charge in [0.05, 0.1) is 28.6 Å². The highest BCUT2D eigenvalue weighted by Crippen LogP contribution is 2.41. The van der Waals surface area contributed by atoms with Gasteiger partial charge >= 0.3 is 6.18 Å². The van der Waals surface area contributed by atoms with E-state index in [1.54, 1.807) is 44.2 Å². The molecule has 2 N–H and O–H groups in total. The van der Waals surface area contributed by atoms with Gasteiger partial charge in [0.25, 0.3) is 5.95 Å². The van der Waals surface area contributed by atoms with E-state index in [4.69, 9.17) is 0 Å². The zero-order chi connectivity index (χ0) is 25.7. The number of amides is 1. The number of benzene rings is 2. The van der Waals surface area contributed by atoms with E-state index in [-0.39, 0.29) is 35.7 Å². The minimum atomic E-state index is -4.35. The van der Waals surface area contributed by atoms with Crippen LogP contribution in [0.25, 0.3) is 16.9 Å². The molecule has 1 amide bonds. The fourth-order valence-electron chi connectivity index (χ4n) is 4.29. The molecule has 0 bridgehead atoms. The smallest absolute Gasteiger partial charge is 0.369 e. The number of halogens is 4. The summed E-state index contributed by atoms with van der Waals surface area (Å²) in [5, 5.41) is 10.8. The zero-order valence-corrected chi connectivity index (χ0v) is 19.4. The molecule has 3 heterocycles. The molecule has 1 aliphatic rings. The van der Waals surface area contributed by atoms with E-state index in [0.29, 0.717) is 22.3 Å². The van der Waals surface area contributed by atoms with Gasteiger partial charge in [0, 0.05) is 18.4 Å². The highest BCUT2D eigenvalue weighted by molar-refractivity contribution is 6.06. The summed E-state index contributed by atoms with van der Waals surface area (Å²) in [6, 6.07) is 13.7. The fourth-order valence-corrected chi connectivity index (χ4v) is 4.29. The molecule has 1 aliphatic heterocycles. The van der Waals surface area contributed by atoms with Crippen LogP contribution in [0.2, 0.25) is 0 Å². The largest absolute Gasteiger partial charge is 0.390 e. The number of fused-ring (bicyclic) bond motifs is 2. The zero-order valence-electron chi connectivity index (χ0n) is 19.4. The third kappa shape index (κ3) is 4.25. The van der Waals surface area contributed by atoms with Gasteiger partial charge < -0.3 is 10.6 Å². The number of nitrogens with zero attached hydrogens (tertiary/aromatic N) is 4. The van der Waals surface area contributed by atoms with Gasteiger partial charge in [0.1, 0.15) is 17.5 Å². The van der Waals surface area contributed by atoms with Crippen molar-refractivity contribution in [3.63, 3.8) is 0 Å². The van der Waals surface area contributed by atoms with Crippen LogP contribution < -0.4 is 10.6 Å². The van der Waals surface area contributed by atoms with Gasteiger partial charge in [-0.25, -0.2) is 4.39 Å². The maximum Gasteiger partial charge on any atom is 0.390 e. The second-order valence-electron chi connectivity index (χ2n) is 9.11. The quantitative estimate of drug-likeness (QED) is 0.360. The Morgan fingerprint density at radius 3 is 2.53 bits per heavy atom. The maximum atomic E-state index is 14.3. The first-order valence-electron chi connectivity index (χ1n) is 11.3. The van der Waals surface area contributed by atoms with Crippen molar-refractivity contribution in [2.24, 2.45) is 0 Å². The van der Waals surface area contributed by atoms with Crippen molar-refractivity contribution >= 4 is 28.4 Å². The SMILES string of the molecule is CC1(C)C(=O)Nc2nc(-n3nc(Cc4ccccc4F)c4ccccc43)nc(NCCC(F)(F)F)c21. The molecule has 0 unspecified atom stereocenters. The van der Waals surface area contributed by atoms with Crippen LogP contribution in [0.5, 0.6) is 0 Å². The van der Waals surface area contributed by atoms with Gasteiger partial charge in [-0.05, 0) is 31.5 Å². The topological polar surface area (TPSA) is 84.7 Å². The molecule has 0 radical (unpaired) electrons. The molecule has 2 aromatic carbocycles. The number of rotatable bonds is 6. The lowest BCUT2D eigenvalue weighted by atomic mass is 9.87. The number of anilines is 2. The number of para-hydroxylation sites is 1. The van der Waals surface area contributed by atoms with Crippen LogP contribution in [0, 0.1) is 5.82 Å². The van der Waals surface area contributed by atoms with Crippen LogP contribution >= 0.6 is 0 Å². The number of hydrogen-bond acceptors (Lipinski definition) is 5. The Bertz CT molecular complexity index is 1480. The number of alkyl halides is 3. The molecule has 0 spiro atoms. The third-order valence-corrected chi connectivity index (χ3v) is 6.19. The lowest BCUT2D eigenvalue weighted by molar-refractivity contribution is -0.131. The van der Waals surface area contributed by atoms with E-state index < -0.39 is 24.6 Å². The molecule has 0 aliphatic carbocycles. The summed E-state index contributed by atoms with van der Waals surface area (Å²) in [5.41, 5.74) is 1.02. The lowest BCUT2D eigenvalue weighted by Crippen LogP contribution is -2.28. The van der Waals surface area contributed by atoms with Crippen molar-refractivity contribution in [1.29, 1.82) is 0 Å². The third-order valence-electron chi connectivity index (χ3n) is 6.19. The molecule has 7 nitrogen and oxygen atoms in total. The summed E-state index contributed by atoms with van der Waals surface area (Å²) in [7, 11) is 0. The molecule has 36 heavy (non-hydrogen) atoms. The van der Waals surface area contributed by atoms with E-state index in [2.05, 4.69) is 25.7 Å². The Balaban J connectivity index is 1.62. The molecule has 0 saturated heterocycles. The highest BCUT2D eigenvalue weighted by Gasteiger charge is 2.43. The second-order valence-corrected chi connectivity index (χ2v) is 9.11. The molecule has 11 heteroatoms. The number of carbonyl (C=O) groups excluding carboxylic acids is 1. The molecule has 4 aromatic rings. The van der Waals surface area contributed by atoms with Crippen molar-refractivity contribution in [3.8, 4) is 5.95 Å². The average Bonchev–Trinajstić information content (AvgIpc) is 3.28. The van der Waals surface area contributed by atoms with Crippen molar-refractivity contribution in [1.82, 2.24) is 19.7 Å². The Hall–Kier alpha value is -4.02. The van der Waals surface area contributed by atoms with Crippen LogP contribution in [0.4, 0.5) is 29.2 Å². The van der Waals surface area contributed by atoms with E-state index in [0.717, 1.165) is 5.39 Å². The Kier molecular flexibility index (Phi) is 5.65. The summed E-state index contributed by atoms with van der Waals surface area (Å²) >= 11 is 0. The molecular weight excluding hydrogens is 476 g/mol. The molecule has 186 valence electrons. The predicted octanol–water partition coefficient (Wildman–Crippen LogP) is 5.14. The fraction of sp³-hybridized carbons (Fsp3) is 0.280.